The topological polar surface area (TPSA) is 30.5 Å². The van der Waals surface area contributed by atoms with Crippen LogP contribution in [0, 0.1) is 5.92 Å². The van der Waals surface area contributed by atoms with Crippen LogP contribution in [0.2, 0.25) is 0 Å². The maximum Gasteiger partial charge on any atom is 0.161 e. The van der Waals surface area contributed by atoms with Crippen molar-refractivity contribution in [1.29, 1.82) is 0 Å². The summed E-state index contributed by atoms with van der Waals surface area (Å²) in [5, 5.41) is 3.71. The van der Waals surface area contributed by atoms with E-state index >= 15 is 0 Å². The van der Waals surface area contributed by atoms with Crippen LogP contribution >= 0.6 is 11.8 Å². The summed E-state index contributed by atoms with van der Waals surface area (Å²) in [5.41, 5.74) is 1.29. The van der Waals surface area contributed by atoms with Crippen LogP contribution in [0.1, 0.15) is 38.2 Å². The lowest BCUT2D eigenvalue weighted by molar-refractivity contribution is 0.305. The average Bonchev–Trinajstić information content (AvgIpc) is 2.53. The predicted octanol–water partition coefficient (Wildman–Crippen LogP) is 4.09. The molecule has 0 radical (unpaired) electrons. The Morgan fingerprint density at radius 2 is 1.71 bits per heavy atom. The van der Waals surface area contributed by atoms with Gasteiger partial charge in [-0.1, -0.05) is 6.92 Å². The minimum Gasteiger partial charge on any atom is -0.493 e. The van der Waals surface area contributed by atoms with Crippen molar-refractivity contribution in [2.24, 2.45) is 5.92 Å². The zero-order valence-corrected chi connectivity index (χ0v) is 14.4. The number of nitrogens with one attached hydrogen (secondary N) is 1. The third kappa shape index (κ3) is 4.30. The first-order valence-corrected chi connectivity index (χ1v) is 8.92. The van der Waals surface area contributed by atoms with Gasteiger partial charge in [0.15, 0.2) is 11.5 Å². The van der Waals surface area contributed by atoms with Gasteiger partial charge in [-0.2, -0.15) is 0 Å². The van der Waals surface area contributed by atoms with Crippen molar-refractivity contribution >= 4 is 11.8 Å². The average molecular weight is 309 g/mol. The quantitative estimate of drug-likeness (QED) is 0.802. The molecule has 1 fully saturated rings. The summed E-state index contributed by atoms with van der Waals surface area (Å²) in [6, 6.07) is 4.83. The van der Waals surface area contributed by atoms with Gasteiger partial charge in [0.1, 0.15) is 0 Å². The molecule has 0 unspecified atom stereocenters. The lowest BCUT2D eigenvalue weighted by Gasteiger charge is -2.27. The zero-order valence-electron chi connectivity index (χ0n) is 13.6. The molecule has 0 atom stereocenters. The monoisotopic (exact) mass is 309 g/mol. The van der Waals surface area contributed by atoms with Gasteiger partial charge in [0.2, 0.25) is 0 Å². The fraction of sp³-hybridized carbons (Fsp3) is 0.647. The van der Waals surface area contributed by atoms with E-state index in [0.717, 1.165) is 24.0 Å². The molecule has 4 heteroatoms. The highest BCUT2D eigenvalue weighted by Gasteiger charge is 2.18. The van der Waals surface area contributed by atoms with Gasteiger partial charge in [-0.15, -0.1) is 11.8 Å². The Bertz CT molecular complexity index is 456. The Morgan fingerprint density at radius 1 is 1.10 bits per heavy atom. The molecular formula is C17H27NO2S. The number of benzene rings is 1. The molecule has 0 aliphatic heterocycles. The predicted molar refractivity (Wildman–Crippen MR) is 89.6 cm³/mol. The maximum atomic E-state index is 5.42. The van der Waals surface area contributed by atoms with Gasteiger partial charge in [-0.3, -0.25) is 0 Å². The fourth-order valence-corrected chi connectivity index (χ4v) is 3.57. The Labute approximate surface area is 132 Å². The number of ether oxygens (including phenoxy) is 2. The first-order valence-electron chi connectivity index (χ1n) is 7.70. The molecule has 1 saturated carbocycles. The molecule has 0 bridgehead atoms. The number of hydrogen-bond acceptors (Lipinski definition) is 4. The number of rotatable bonds is 6. The third-order valence-corrected chi connectivity index (χ3v) is 5.20. The largest absolute Gasteiger partial charge is 0.493 e. The highest BCUT2D eigenvalue weighted by atomic mass is 32.2. The van der Waals surface area contributed by atoms with Crippen LogP contribution in [0.25, 0.3) is 0 Å². The molecule has 1 aliphatic rings. The van der Waals surface area contributed by atoms with Gasteiger partial charge < -0.3 is 14.8 Å². The second-order valence-corrected chi connectivity index (χ2v) is 6.70. The van der Waals surface area contributed by atoms with E-state index in [-0.39, 0.29) is 0 Å². The van der Waals surface area contributed by atoms with Crippen molar-refractivity contribution in [3.63, 3.8) is 0 Å². The summed E-state index contributed by atoms with van der Waals surface area (Å²) in [7, 11) is 3.37. The summed E-state index contributed by atoms with van der Waals surface area (Å²) >= 11 is 1.76. The molecule has 1 aliphatic carbocycles. The molecule has 2 rings (SSSR count). The molecule has 1 aromatic rings. The van der Waals surface area contributed by atoms with Crippen LogP contribution < -0.4 is 14.8 Å². The maximum absolute atomic E-state index is 5.42. The van der Waals surface area contributed by atoms with Gasteiger partial charge >= 0.3 is 0 Å². The van der Waals surface area contributed by atoms with Crippen molar-refractivity contribution in [2.45, 2.75) is 50.1 Å². The summed E-state index contributed by atoms with van der Waals surface area (Å²) in [6.45, 7) is 3.26. The molecule has 0 spiro atoms. The fourth-order valence-electron chi connectivity index (χ4n) is 2.95. The van der Waals surface area contributed by atoms with Crippen molar-refractivity contribution in [1.82, 2.24) is 5.32 Å². The Balaban J connectivity index is 2.04. The van der Waals surface area contributed by atoms with Crippen molar-refractivity contribution in [3.8, 4) is 11.5 Å². The molecule has 0 amide bonds. The van der Waals surface area contributed by atoms with Gasteiger partial charge in [0.25, 0.3) is 0 Å². The normalized spacial score (nSPS) is 22.1. The lowest BCUT2D eigenvalue weighted by Crippen LogP contribution is -2.32. The van der Waals surface area contributed by atoms with E-state index in [9.17, 15) is 0 Å². The third-order valence-electron chi connectivity index (χ3n) is 4.38. The summed E-state index contributed by atoms with van der Waals surface area (Å²) < 4.78 is 10.8. The highest BCUT2D eigenvalue weighted by molar-refractivity contribution is 7.98. The molecule has 0 aromatic heterocycles. The summed E-state index contributed by atoms with van der Waals surface area (Å²) in [4.78, 5) is 1.25. The first kappa shape index (κ1) is 16.5. The van der Waals surface area contributed by atoms with E-state index in [1.165, 1.54) is 36.1 Å². The molecule has 0 saturated heterocycles. The molecule has 21 heavy (non-hydrogen) atoms. The molecule has 1 aromatic carbocycles. The van der Waals surface area contributed by atoms with Crippen LogP contribution in [0.5, 0.6) is 11.5 Å². The molecule has 3 nitrogen and oxygen atoms in total. The van der Waals surface area contributed by atoms with Crippen molar-refractivity contribution in [2.75, 3.05) is 20.5 Å². The van der Waals surface area contributed by atoms with Crippen molar-refractivity contribution < 1.29 is 9.47 Å². The van der Waals surface area contributed by atoms with Crippen LogP contribution in [-0.4, -0.2) is 26.5 Å². The van der Waals surface area contributed by atoms with E-state index in [1.54, 1.807) is 26.0 Å². The van der Waals surface area contributed by atoms with E-state index in [4.69, 9.17) is 9.47 Å². The summed E-state index contributed by atoms with van der Waals surface area (Å²) in [5.74, 6) is 2.51. The van der Waals surface area contributed by atoms with Crippen LogP contribution in [0.4, 0.5) is 0 Å². The van der Waals surface area contributed by atoms with Gasteiger partial charge in [-0.05, 0) is 55.6 Å². The molecule has 0 heterocycles. The second kappa shape index (κ2) is 7.95. The molecule has 118 valence electrons. The van der Waals surface area contributed by atoms with Crippen LogP contribution in [-0.2, 0) is 6.54 Å². The smallest absolute Gasteiger partial charge is 0.161 e. The number of thioether (sulfide) groups is 1. The van der Waals surface area contributed by atoms with Gasteiger partial charge in [-0.25, -0.2) is 0 Å². The standard InChI is InChI=1S/C17H27NO2S/c1-12-5-7-14(8-6-12)18-11-13-9-15(19-2)16(20-3)10-17(13)21-4/h9-10,12,14,18H,5-8,11H2,1-4H3. The SMILES string of the molecule is COc1cc(CNC2CCC(C)CC2)c(SC)cc1OC. The highest BCUT2D eigenvalue weighted by Crippen LogP contribution is 2.34. The van der Waals surface area contributed by atoms with Crippen molar-refractivity contribution in [3.05, 3.63) is 17.7 Å². The Kier molecular flexibility index (Phi) is 6.24. The number of hydrogen-bond donors (Lipinski definition) is 1. The Hall–Kier alpha value is -0.870. The first-order chi connectivity index (χ1) is 10.2. The zero-order chi connectivity index (χ0) is 15.2. The van der Waals surface area contributed by atoms with Gasteiger partial charge in [0.05, 0.1) is 14.2 Å². The summed E-state index contributed by atoms with van der Waals surface area (Å²) in [6.07, 6.45) is 7.39. The van der Waals surface area contributed by atoms with Crippen LogP contribution in [0.3, 0.4) is 0 Å². The Morgan fingerprint density at radius 3 is 2.29 bits per heavy atom. The lowest BCUT2D eigenvalue weighted by atomic mass is 9.87. The minimum atomic E-state index is 0.656. The van der Waals surface area contributed by atoms with E-state index in [0.29, 0.717) is 6.04 Å². The van der Waals surface area contributed by atoms with Crippen LogP contribution in [0.15, 0.2) is 17.0 Å². The molecular weight excluding hydrogens is 282 g/mol. The van der Waals surface area contributed by atoms with Gasteiger partial charge in [0, 0.05) is 17.5 Å². The second-order valence-electron chi connectivity index (χ2n) is 5.86. The number of methoxy groups -OCH3 is 2. The van der Waals surface area contributed by atoms with E-state index in [1.807, 2.05) is 0 Å². The van der Waals surface area contributed by atoms with E-state index < -0.39 is 0 Å². The minimum absolute atomic E-state index is 0.656. The molecule has 1 N–H and O–H groups in total. The van der Waals surface area contributed by atoms with E-state index in [2.05, 4.69) is 30.6 Å².